The Labute approximate surface area is 248 Å². The minimum atomic E-state index is -5.19. The van der Waals surface area contributed by atoms with Crippen LogP contribution in [0.3, 0.4) is 0 Å². The molecule has 3 aromatic rings. The van der Waals surface area contributed by atoms with Gasteiger partial charge in [0, 0.05) is 19.2 Å². The number of fused-ring (bicyclic) bond motifs is 1. The lowest BCUT2D eigenvalue weighted by atomic mass is 9.97. The van der Waals surface area contributed by atoms with Crippen LogP contribution in [0.1, 0.15) is 11.1 Å². The van der Waals surface area contributed by atoms with Gasteiger partial charge >= 0.3 is 10.5 Å². The molecule has 5 rings (SSSR count). The summed E-state index contributed by atoms with van der Waals surface area (Å²) in [4.78, 5) is 11.3. The normalized spacial score (nSPS) is 15.4. The Morgan fingerprint density at radius 2 is 1.90 bits per heavy atom. The third-order valence-corrected chi connectivity index (χ3v) is 7.60. The van der Waals surface area contributed by atoms with Gasteiger partial charge in [0.25, 0.3) is 0 Å². The van der Waals surface area contributed by atoms with Crippen molar-refractivity contribution in [3.05, 3.63) is 52.7 Å². The van der Waals surface area contributed by atoms with E-state index in [1.807, 2.05) is 19.4 Å². The van der Waals surface area contributed by atoms with Crippen LogP contribution < -0.4 is 24.1 Å². The number of hydrogen-bond donors (Lipinski definition) is 2. The van der Waals surface area contributed by atoms with Gasteiger partial charge in [-0.1, -0.05) is 15.5 Å². The fourth-order valence-corrected chi connectivity index (χ4v) is 5.45. The Balaban J connectivity index is 0.00000387. The van der Waals surface area contributed by atoms with Crippen LogP contribution >= 0.6 is 29.6 Å². The van der Waals surface area contributed by atoms with E-state index in [1.165, 1.54) is 35.5 Å². The first-order chi connectivity index (χ1) is 19.1. The summed E-state index contributed by atoms with van der Waals surface area (Å²) in [5.74, 6) is 1.20. The van der Waals surface area contributed by atoms with E-state index in [1.54, 1.807) is 7.11 Å². The summed E-state index contributed by atoms with van der Waals surface area (Å²) < 4.78 is 56.1. The molecule has 1 aromatic heterocycles. The van der Waals surface area contributed by atoms with Gasteiger partial charge in [-0.2, -0.15) is 23.3 Å². The van der Waals surface area contributed by atoms with E-state index in [9.17, 15) is 12.3 Å². The summed E-state index contributed by atoms with van der Waals surface area (Å²) in [5.41, 5.74) is 3.56. The molecule has 1 atom stereocenters. The van der Waals surface area contributed by atoms with E-state index in [2.05, 4.69) is 35.8 Å². The molecule has 0 saturated carbocycles. The maximum Gasteiger partial charge on any atom is 0.488 e. The van der Waals surface area contributed by atoms with Crippen LogP contribution in [0.4, 0.5) is 27.0 Å². The van der Waals surface area contributed by atoms with Crippen LogP contribution in [0.15, 0.2) is 36.5 Å². The van der Waals surface area contributed by atoms with Gasteiger partial charge in [0.05, 0.1) is 52.1 Å². The van der Waals surface area contributed by atoms with Crippen molar-refractivity contribution in [3.8, 4) is 17.2 Å². The van der Waals surface area contributed by atoms with Crippen molar-refractivity contribution in [2.24, 2.45) is 0 Å². The van der Waals surface area contributed by atoms with Crippen LogP contribution in [0.25, 0.3) is 0 Å². The number of ether oxygens (including phenoxy) is 2. The number of methoxy groups -OCH3 is 1. The highest BCUT2D eigenvalue weighted by Crippen LogP contribution is 2.40. The highest BCUT2D eigenvalue weighted by Gasteiger charge is 2.29. The smallest absolute Gasteiger partial charge is 0.488 e. The van der Waals surface area contributed by atoms with E-state index in [0.717, 1.165) is 32.7 Å². The lowest BCUT2D eigenvalue weighted by Crippen LogP contribution is -2.50. The van der Waals surface area contributed by atoms with Crippen molar-refractivity contribution in [2.45, 2.75) is 19.0 Å². The molecule has 16 heteroatoms. The Kier molecular flexibility index (Phi) is 10.1. The molecule has 2 aliphatic rings. The first kappa shape index (κ1) is 31.4. The number of halogens is 2. The van der Waals surface area contributed by atoms with Gasteiger partial charge in [-0.15, -0.1) is 0 Å². The molecule has 0 amide bonds. The summed E-state index contributed by atoms with van der Waals surface area (Å²) in [6.07, 6.45) is 2.37. The predicted octanol–water partition coefficient (Wildman–Crippen LogP) is 5.07. The quantitative estimate of drug-likeness (QED) is 0.227. The molecule has 41 heavy (non-hydrogen) atoms. The number of rotatable bonds is 10. The van der Waals surface area contributed by atoms with E-state index in [4.69, 9.17) is 25.6 Å². The third kappa shape index (κ3) is 7.85. The molecule has 222 valence electrons. The number of nitrogens with one attached hydrogen (secondary N) is 2. The fourth-order valence-electron chi connectivity index (χ4n) is 4.43. The number of anilines is 4. The Hall–Kier alpha value is -2.53. The largest absolute Gasteiger partial charge is 0.495 e. The summed E-state index contributed by atoms with van der Waals surface area (Å²) in [6.45, 7) is 7.03. The van der Waals surface area contributed by atoms with E-state index in [-0.39, 0.29) is 38.2 Å². The van der Waals surface area contributed by atoms with Crippen molar-refractivity contribution in [1.82, 2.24) is 14.9 Å². The minimum absolute atomic E-state index is 0. The summed E-state index contributed by atoms with van der Waals surface area (Å²) >= 11 is 6.40. The molecule has 2 aliphatic heterocycles. The van der Waals surface area contributed by atoms with Crippen LogP contribution in [-0.2, 0) is 28.2 Å². The zero-order valence-corrected chi connectivity index (χ0v) is 26.6. The van der Waals surface area contributed by atoms with Crippen LogP contribution in [0.2, 0.25) is 5.02 Å². The van der Waals surface area contributed by atoms with E-state index >= 15 is 0 Å². The highest BCUT2D eigenvalue weighted by molar-refractivity contribution is 7.81. The standard InChI is InChI=1S/C25H28ClFN5O6PS.H3P/c1-35-22-9-15-6-7-32(17-13-36-14-17)12-16(15)8-21(22)30-25-28-11-19(26)24(31-25)29-20-5-4-18(38-40(27,33)34)10-23(20)37-39(2)3;/h4-5,8-11,17H,6-7,12-14H2,1-3H3,(H2,28,29,30,31);1H3. The van der Waals surface area contributed by atoms with Gasteiger partial charge in [0.15, 0.2) is 5.82 Å². The molecule has 11 nitrogen and oxygen atoms in total. The van der Waals surface area contributed by atoms with Gasteiger partial charge in [-0.3, -0.25) is 4.90 Å². The molecule has 0 aliphatic carbocycles. The van der Waals surface area contributed by atoms with Crippen molar-refractivity contribution in [2.75, 3.05) is 50.8 Å². The Morgan fingerprint density at radius 3 is 2.56 bits per heavy atom. The zero-order valence-electron chi connectivity index (χ0n) is 22.7. The van der Waals surface area contributed by atoms with E-state index < -0.39 is 18.7 Å². The van der Waals surface area contributed by atoms with Gasteiger partial charge in [0.1, 0.15) is 22.3 Å². The Morgan fingerprint density at radius 1 is 1.12 bits per heavy atom. The molecule has 2 N–H and O–H groups in total. The van der Waals surface area contributed by atoms with Gasteiger partial charge in [-0.25, -0.2) is 4.98 Å². The second-order valence-corrected chi connectivity index (χ2v) is 12.6. The maximum absolute atomic E-state index is 13.1. The fraction of sp³-hybridized carbons (Fsp3) is 0.360. The molecule has 2 aromatic carbocycles. The van der Waals surface area contributed by atoms with Crippen molar-refractivity contribution in [3.63, 3.8) is 0 Å². The average molecular weight is 646 g/mol. The zero-order chi connectivity index (χ0) is 28.4. The molecule has 3 heterocycles. The first-order valence-electron chi connectivity index (χ1n) is 12.3. The second-order valence-electron chi connectivity index (χ2n) is 9.41. The highest BCUT2D eigenvalue weighted by atomic mass is 35.5. The SMILES string of the molecule is COc1cc2c(cc1Nc1ncc(Cl)c(Nc3ccc(OS(=O)(=O)F)cc3OP(C)C)n1)CN(C1COC1)CC2.P. The summed E-state index contributed by atoms with van der Waals surface area (Å²) in [6, 6.07) is 8.58. The Bertz CT molecular complexity index is 1520. The van der Waals surface area contributed by atoms with E-state index in [0.29, 0.717) is 23.2 Å². The first-order valence-corrected chi connectivity index (χ1v) is 16.1. The van der Waals surface area contributed by atoms with Crippen LogP contribution in [-0.4, -0.2) is 69.5 Å². The number of benzene rings is 2. The molecule has 0 radical (unpaired) electrons. The molecule has 1 fully saturated rings. The van der Waals surface area contributed by atoms with Crippen molar-refractivity contribution < 1.29 is 30.5 Å². The number of hydrogen-bond acceptors (Lipinski definition) is 11. The lowest BCUT2D eigenvalue weighted by molar-refractivity contribution is -0.0695. The second kappa shape index (κ2) is 13.2. The van der Waals surface area contributed by atoms with Crippen LogP contribution in [0, 0.1) is 0 Å². The molecule has 1 unspecified atom stereocenters. The minimum Gasteiger partial charge on any atom is -0.495 e. The predicted molar refractivity (Wildman–Crippen MR) is 163 cm³/mol. The molecular weight excluding hydrogens is 615 g/mol. The maximum atomic E-state index is 13.1. The molecular formula is C25H31ClFN5O6P2S. The topological polar surface area (TPSA) is 124 Å². The van der Waals surface area contributed by atoms with Gasteiger partial charge < -0.3 is 28.8 Å². The van der Waals surface area contributed by atoms with Crippen molar-refractivity contribution >= 4 is 63.3 Å². The van der Waals surface area contributed by atoms with Crippen LogP contribution in [0.5, 0.6) is 17.2 Å². The van der Waals surface area contributed by atoms with Gasteiger partial charge in [-0.05, 0) is 55.1 Å². The summed E-state index contributed by atoms with van der Waals surface area (Å²) in [7, 11) is -4.50. The van der Waals surface area contributed by atoms with Crippen molar-refractivity contribution in [1.29, 1.82) is 0 Å². The lowest BCUT2D eigenvalue weighted by Gasteiger charge is -2.40. The number of aromatic nitrogens is 2. The summed E-state index contributed by atoms with van der Waals surface area (Å²) in [5, 5.41) is 6.55. The molecule has 0 bridgehead atoms. The molecule has 1 saturated heterocycles. The number of nitrogens with zero attached hydrogens (tertiary/aromatic N) is 3. The third-order valence-electron chi connectivity index (χ3n) is 6.37. The molecule has 0 spiro atoms. The monoisotopic (exact) mass is 645 g/mol. The average Bonchev–Trinajstić information content (AvgIpc) is 2.85. The van der Waals surface area contributed by atoms with Gasteiger partial charge in [0.2, 0.25) is 5.95 Å².